The first kappa shape index (κ1) is 18.5. The highest BCUT2D eigenvalue weighted by molar-refractivity contribution is 6.06. The molecule has 2 aliphatic rings. The van der Waals surface area contributed by atoms with Gasteiger partial charge in [-0.05, 0) is 24.3 Å². The van der Waals surface area contributed by atoms with Crippen molar-refractivity contribution in [3.63, 3.8) is 0 Å². The largest absolute Gasteiger partial charge is 0.483 e. The summed E-state index contributed by atoms with van der Waals surface area (Å²) in [6, 6.07) is 13.9. The maximum Gasteiger partial charge on any atom is 0.323 e. The van der Waals surface area contributed by atoms with Crippen LogP contribution < -0.4 is 15.0 Å². The van der Waals surface area contributed by atoms with Gasteiger partial charge in [-0.25, -0.2) is 4.99 Å². The first-order valence-corrected chi connectivity index (χ1v) is 8.96. The minimum Gasteiger partial charge on any atom is -0.483 e. The van der Waals surface area contributed by atoms with Gasteiger partial charge in [0, 0.05) is 11.3 Å². The molecule has 0 aromatic heterocycles. The quantitative estimate of drug-likeness (QED) is 0.759. The third kappa shape index (κ3) is 3.88. The molecule has 0 spiro atoms. The summed E-state index contributed by atoms with van der Waals surface area (Å²) in [6.07, 6.45) is 0. The van der Waals surface area contributed by atoms with Gasteiger partial charge in [0.05, 0.1) is 12.2 Å². The molecule has 9 heteroatoms. The molecule has 2 heterocycles. The number of para-hydroxylation sites is 1. The number of fused-ring (bicyclic) bond motifs is 2. The van der Waals surface area contributed by atoms with Gasteiger partial charge in [0.15, 0.2) is 6.61 Å². The summed E-state index contributed by atoms with van der Waals surface area (Å²) in [5, 5.41) is 11.9. The van der Waals surface area contributed by atoms with E-state index in [1.54, 1.807) is 53.4 Å². The molecular weight excluding hydrogens is 376 g/mol. The zero-order valence-corrected chi connectivity index (χ0v) is 15.4. The third-order valence-corrected chi connectivity index (χ3v) is 4.58. The maximum atomic E-state index is 12.7. The normalized spacial score (nSPS) is 14.4. The van der Waals surface area contributed by atoms with Crippen LogP contribution in [0.1, 0.15) is 5.56 Å². The summed E-state index contributed by atoms with van der Waals surface area (Å²) in [6.45, 7) is -0.151. The van der Waals surface area contributed by atoms with Gasteiger partial charge in [-0.2, -0.15) is 0 Å². The Kier molecular flexibility index (Phi) is 4.86. The summed E-state index contributed by atoms with van der Waals surface area (Å²) in [7, 11) is 0. The fourth-order valence-corrected chi connectivity index (χ4v) is 3.26. The number of carbonyl (C=O) groups excluding carboxylic acids is 2. The van der Waals surface area contributed by atoms with Crippen LogP contribution in [0, 0.1) is 0 Å². The molecule has 0 radical (unpaired) electrons. The van der Waals surface area contributed by atoms with Gasteiger partial charge >= 0.3 is 5.97 Å². The van der Waals surface area contributed by atoms with Crippen molar-refractivity contribution in [3.05, 3.63) is 54.1 Å². The van der Waals surface area contributed by atoms with E-state index in [2.05, 4.69) is 10.3 Å². The molecule has 2 aromatic rings. The van der Waals surface area contributed by atoms with E-state index in [0.717, 1.165) is 10.5 Å². The number of guanidine groups is 1. The molecule has 0 unspecified atom stereocenters. The van der Waals surface area contributed by atoms with Crippen molar-refractivity contribution in [2.24, 2.45) is 4.99 Å². The molecule has 2 aromatic carbocycles. The summed E-state index contributed by atoms with van der Waals surface area (Å²) in [5.74, 6) is -0.739. The van der Waals surface area contributed by atoms with Crippen molar-refractivity contribution in [2.45, 2.75) is 6.54 Å². The Morgan fingerprint density at radius 2 is 1.93 bits per heavy atom. The molecule has 2 aliphatic heterocycles. The highest BCUT2D eigenvalue weighted by atomic mass is 16.5. The molecule has 0 aliphatic carbocycles. The van der Waals surface area contributed by atoms with Gasteiger partial charge in [-0.15, -0.1) is 0 Å². The average molecular weight is 394 g/mol. The van der Waals surface area contributed by atoms with Crippen molar-refractivity contribution >= 4 is 35.1 Å². The molecule has 9 nitrogen and oxygen atoms in total. The van der Waals surface area contributed by atoms with Crippen LogP contribution in [0.5, 0.6) is 5.75 Å². The smallest absolute Gasteiger partial charge is 0.323 e. The molecule has 1 saturated heterocycles. The number of nitrogens with one attached hydrogen (secondary N) is 1. The number of rotatable bonds is 6. The molecule has 4 rings (SSSR count). The van der Waals surface area contributed by atoms with E-state index < -0.39 is 18.4 Å². The highest BCUT2D eigenvalue weighted by Gasteiger charge is 2.30. The van der Waals surface area contributed by atoms with Crippen LogP contribution in [0.3, 0.4) is 0 Å². The van der Waals surface area contributed by atoms with Crippen molar-refractivity contribution < 1.29 is 24.2 Å². The first-order chi connectivity index (χ1) is 14.0. The zero-order chi connectivity index (χ0) is 20.4. The lowest BCUT2D eigenvalue weighted by atomic mass is 10.1. The standard InChI is InChI=1S/C20H18N4O5/c25-17-10-23-9-14-15(21-20(23)22-17)7-4-8-16(14)29-12-18(26)24(11-19(27)28)13-5-2-1-3-6-13/h1-8H,9-12H2,(H,27,28)(H,21,22,25). The molecular formula is C20H18N4O5. The van der Waals surface area contributed by atoms with Gasteiger partial charge in [0.25, 0.3) is 5.91 Å². The van der Waals surface area contributed by atoms with Crippen LogP contribution in [0.25, 0.3) is 0 Å². The second-order valence-corrected chi connectivity index (χ2v) is 6.59. The number of benzene rings is 2. The summed E-state index contributed by atoms with van der Waals surface area (Å²) in [4.78, 5) is 42.9. The monoisotopic (exact) mass is 394 g/mol. The van der Waals surface area contributed by atoms with Crippen molar-refractivity contribution in [1.82, 2.24) is 10.2 Å². The van der Waals surface area contributed by atoms with Gasteiger partial charge in [0.1, 0.15) is 18.8 Å². The maximum absolute atomic E-state index is 12.7. The highest BCUT2D eigenvalue weighted by Crippen LogP contribution is 2.34. The van der Waals surface area contributed by atoms with E-state index in [4.69, 9.17) is 9.84 Å². The Morgan fingerprint density at radius 1 is 1.14 bits per heavy atom. The number of carboxylic acid groups (broad SMARTS) is 1. The number of aliphatic carboxylic acids is 1. The lowest BCUT2D eigenvalue weighted by Gasteiger charge is -2.25. The second-order valence-electron chi connectivity index (χ2n) is 6.59. The van der Waals surface area contributed by atoms with E-state index in [1.165, 1.54) is 0 Å². The van der Waals surface area contributed by atoms with Crippen LogP contribution in [0.4, 0.5) is 11.4 Å². The predicted octanol–water partition coefficient (Wildman–Crippen LogP) is 1.12. The summed E-state index contributed by atoms with van der Waals surface area (Å²) < 4.78 is 5.74. The van der Waals surface area contributed by atoms with E-state index >= 15 is 0 Å². The Hall–Kier alpha value is -3.88. The predicted molar refractivity (Wildman–Crippen MR) is 104 cm³/mol. The minimum absolute atomic E-state index is 0.124. The summed E-state index contributed by atoms with van der Waals surface area (Å²) >= 11 is 0. The Morgan fingerprint density at radius 3 is 2.69 bits per heavy atom. The number of ether oxygens (including phenoxy) is 1. The first-order valence-electron chi connectivity index (χ1n) is 8.96. The molecule has 0 saturated carbocycles. The lowest BCUT2D eigenvalue weighted by molar-refractivity contribution is -0.136. The zero-order valence-electron chi connectivity index (χ0n) is 15.4. The number of anilines is 1. The van der Waals surface area contributed by atoms with Gasteiger partial charge in [-0.3, -0.25) is 24.6 Å². The Labute approximate surface area is 166 Å². The number of hydrogen-bond acceptors (Lipinski definition) is 6. The number of amides is 2. The fraction of sp³-hybridized carbons (Fsp3) is 0.200. The average Bonchev–Trinajstić information content (AvgIpc) is 3.07. The Bertz CT molecular complexity index is 1010. The topological polar surface area (TPSA) is 112 Å². The molecule has 0 atom stereocenters. The molecule has 0 bridgehead atoms. The van der Waals surface area contributed by atoms with E-state index in [0.29, 0.717) is 29.6 Å². The van der Waals surface area contributed by atoms with Gasteiger partial charge in [-0.1, -0.05) is 24.3 Å². The molecule has 148 valence electrons. The van der Waals surface area contributed by atoms with E-state index in [-0.39, 0.29) is 19.1 Å². The van der Waals surface area contributed by atoms with Crippen LogP contribution >= 0.6 is 0 Å². The van der Waals surface area contributed by atoms with E-state index in [1.807, 2.05) is 0 Å². The fourth-order valence-electron chi connectivity index (χ4n) is 3.26. The van der Waals surface area contributed by atoms with Crippen LogP contribution in [-0.2, 0) is 20.9 Å². The van der Waals surface area contributed by atoms with Crippen molar-refractivity contribution in [2.75, 3.05) is 24.6 Å². The van der Waals surface area contributed by atoms with Gasteiger partial charge in [0.2, 0.25) is 11.9 Å². The number of carboxylic acids is 1. The number of carbonyl (C=O) groups is 3. The molecule has 2 amide bonds. The van der Waals surface area contributed by atoms with E-state index in [9.17, 15) is 14.4 Å². The lowest BCUT2D eigenvalue weighted by Crippen LogP contribution is -2.39. The number of hydrogen-bond donors (Lipinski definition) is 2. The molecule has 1 fully saturated rings. The SMILES string of the molecule is O=C(O)CN(C(=O)COc1cccc2c1CN1CC(=O)NC1=N2)c1ccccc1. The van der Waals surface area contributed by atoms with Crippen LogP contribution in [0.2, 0.25) is 0 Å². The van der Waals surface area contributed by atoms with Crippen LogP contribution in [-0.4, -0.2) is 53.4 Å². The minimum atomic E-state index is -1.12. The summed E-state index contributed by atoms with van der Waals surface area (Å²) in [5.41, 5.74) is 1.91. The molecule has 29 heavy (non-hydrogen) atoms. The third-order valence-electron chi connectivity index (χ3n) is 4.58. The number of nitrogens with zero attached hydrogens (tertiary/aromatic N) is 3. The molecule has 2 N–H and O–H groups in total. The van der Waals surface area contributed by atoms with Gasteiger partial charge < -0.3 is 14.7 Å². The number of aliphatic imine (C=N–C) groups is 1. The second kappa shape index (κ2) is 7.63. The Balaban J connectivity index is 1.51. The van der Waals surface area contributed by atoms with Crippen molar-refractivity contribution in [3.8, 4) is 5.75 Å². The van der Waals surface area contributed by atoms with Crippen molar-refractivity contribution in [1.29, 1.82) is 0 Å². The van der Waals surface area contributed by atoms with Crippen LogP contribution in [0.15, 0.2) is 53.5 Å².